The van der Waals surface area contributed by atoms with Crippen molar-refractivity contribution in [3.05, 3.63) is 67.3 Å². The van der Waals surface area contributed by atoms with Crippen LogP contribution < -0.4 is 0 Å². The summed E-state index contributed by atoms with van der Waals surface area (Å²) < 4.78 is 2.28. The van der Waals surface area contributed by atoms with Gasteiger partial charge in [0.15, 0.2) is 0 Å². The van der Waals surface area contributed by atoms with E-state index in [1.807, 2.05) is 12.2 Å². The van der Waals surface area contributed by atoms with Gasteiger partial charge in [0, 0.05) is 16.5 Å². The summed E-state index contributed by atoms with van der Waals surface area (Å²) in [5, 5.41) is 2.59. The van der Waals surface area contributed by atoms with Gasteiger partial charge in [0.2, 0.25) is 0 Å². The fraction of sp³-hybridized carbons (Fsp3) is 0.0588. The zero-order valence-electron chi connectivity index (χ0n) is 10.4. The smallest absolute Gasteiger partial charge is 0.0537 e. The van der Waals surface area contributed by atoms with Crippen molar-refractivity contribution < 1.29 is 0 Å². The van der Waals surface area contributed by atoms with E-state index in [4.69, 9.17) is 0 Å². The zero-order chi connectivity index (χ0) is 12.5. The Balaban J connectivity index is 2.53. The van der Waals surface area contributed by atoms with Crippen molar-refractivity contribution in [3.8, 4) is 0 Å². The number of fused-ring (bicyclic) bond motifs is 3. The van der Waals surface area contributed by atoms with E-state index in [1.165, 1.54) is 27.5 Å². The number of rotatable bonds is 2. The molecule has 3 rings (SSSR count). The summed E-state index contributed by atoms with van der Waals surface area (Å²) in [6.07, 6.45) is 3.87. The molecule has 0 aliphatic carbocycles. The highest BCUT2D eigenvalue weighted by atomic mass is 15.0. The van der Waals surface area contributed by atoms with Crippen LogP contribution in [-0.2, 0) is 0 Å². The molecular weight excluding hydrogens is 218 g/mol. The highest BCUT2D eigenvalue weighted by Gasteiger charge is 2.09. The van der Waals surface area contributed by atoms with Crippen molar-refractivity contribution >= 4 is 27.5 Å². The molecule has 3 aromatic rings. The van der Waals surface area contributed by atoms with Gasteiger partial charge in [-0.3, -0.25) is 0 Å². The van der Waals surface area contributed by atoms with Crippen LogP contribution in [0.1, 0.15) is 6.92 Å². The molecular formula is C17H15N. The van der Waals surface area contributed by atoms with Gasteiger partial charge in [0.05, 0.1) is 11.0 Å². The van der Waals surface area contributed by atoms with Crippen LogP contribution in [0.5, 0.6) is 0 Å². The highest BCUT2D eigenvalue weighted by molar-refractivity contribution is 6.09. The van der Waals surface area contributed by atoms with Crippen LogP contribution in [0.2, 0.25) is 0 Å². The first-order valence-electron chi connectivity index (χ1n) is 6.11. The van der Waals surface area contributed by atoms with E-state index in [0.717, 1.165) is 0 Å². The summed E-state index contributed by atoms with van der Waals surface area (Å²) in [6.45, 7) is 5.89. The van der Waals surface area contributed by atoms with Crippen molar-refractivity contribution in [2.24, 2.45) is 0 Å². The molecule has 88 valence electrons. The molecule has 0 atom stereocenters. The van der Waals surface area contributed by atoms with Crippen LogP contribution in [0.3, 0.4) is 0 Å². The SMILES string of the molecule is C=C/C=C(\C)n1c2ccccc2c2ccccc21. The molecule has 0 bridgehead atoms. The lowest BCUT2D eigenvalue weighted by Crippen LogP contribution is -1.92. The Morgan fingerprint density at radius 2 is 1.44 bits per heavy atom. The molecule has 0 radical (unpaired) electrons. The molecule has 1 heterocycles. The van der Waals surface area contributed by atoms with E-state index >= 15 is 0 Å². The van der Waals surface area contributed by atoms with Crippen molar-refractivity contribution in [3.63, 3.8) is 0 Å². The standard InChI is InChI=1S/C17H15N/c1-3-8-13(2)18-16-11-6-4-9-14(16)15-10-5-7-12-17(15)18/h3-12H,1H2,2H3/b13-8+. The molecule has 0 amide bonds. The minimum Gasteiger partial charge on any atom is -0.313 e. The molecule has 0 fully saturated rings. The van der Waals surface area contributed by atoms with Gasteiger partial charge in [-0.2, -0.15) is 0 Å². The van der Waals surface area contributed by atoms with Crippen LogP contribution in [-0.4, -0.2) is 4.57 Å². The van der Waals surface area contributed by atoms with Crippen molar-refractivity contribution in [1.29, 1.82) is 0 Å². The number of allylic oxidation sites excluding steroid dienone is 3. The van der Waals surface area contributed by atoms with Gasteiger partial charge in [-0.1, -0.05) is 49.1 Å². The molecule has 0 N–H and O–H groups in total. The summed E-state index contributed by atoms with van der Waals surface area (Å²) in [5.74, 6) is 0. The predicted molar refractivity (Wildman–Crippen MR) is 79.6 cm³/mol. The lowest BCUT2D eigenvalue weighted by Gasteiger charge is -2.06. The van der Waals surface area contributed by atoms with Crippen LogP contribution in [0.4, 0.5) is 0 Å². The molecule has 2 aromatic carbocycles. The average molecular weight is 233 g/mol. The molecule has 1 heteroatoms. The van der Waals surface area contributed by atoms with E-state index in [0.29, 0.717) is 0 Å². The van der Waals surface area contributed by atoms with E-state index in [-0.39, 0.29) is 0 Å². The first-order chi connectivity index (χ1) is 8.83. The maximum absolute atomic E-state index is 3.78. The van der Waals surface area contributed by atoms with Crippen molar-refractivity contribution in [1.82, 2.24) is 4.57 Å². The molecule has 18 heavy (non-hydrogen) atoms. The second-order valence-corrected chi connectivity index (χ2v) is 4.41. The van der Waals surface area contributed by atoms with Crippen molar-refractivity contribution in [2.45, 2.75) is 6.92 Å². The third kappa shape index (κ3) is 1.48. The first kappa shape index (κ1) is 10.8. The van der Waals surface area contributed by atoms with Crippen LogP contribution in [0.25, 0.3) is 27.5 Å². The number of benzene rings is 2. The van der Waals surface area contributed by atoms with E-state index < -0.39 is 0 Å². The van der Waals surface area contributed by atoms with Crippen LogP contribution in [0, 0.1) is 0 Å². The quantitative estimate of drug-likeness (QED) is 0.558. The summed E-state index contributed by atoms with van der Waals surface area (Å²) in [6, 6.07) is 17.0. The largest absolute Gasteiger partial charge is 0.313 e. The van der Waals surface area contributed by atoms with Gasteiger partial charge in [-0.05, 0) is 25.1 Å². The minimum absolute atomic E-state index is 1.18. The van der Waals surface area contributed by atoms with E-state index in [9.17, 15) is 0 Å². The van der Waals surface area contributed by atoms with Gasteiger partial charge >= 0.3 is 0 Å². The Kier molecular flexibility index (Phi) is 2.52. The Morgan fingerprint density at radius 1 is 0.944 bits per heavy atom. The summed E-state index contributed by atoms with van der Waals surface area (Å²) in [5.41, 5.74) is 3.67. The van der Waals surface area contributed by atoms with Gasteiger partial charge in [0.1, 0.15) is 0 Å². The van der Waals surface area contributed by atoms with Crippen LogP contribution >= 0.6 is 0 Å². The predicted octanol–water partition coefficient (Wildman–Crippen LogP) is 4.84. The molecule has 0 unspecified atom stereocenters. The van der Waals surface area contributed by atoms with Gasteiger partial charge in [-0.15, -0.1) is 0 Å². The Morgan fingerprint density at radius 3 is 1.94 bits per heavy atom. The Bertz CT molecular complexity index is 706. The number of aromatic nitrogens is 1. The number of para-hydroxylation sites is 2. The maximum atomic E-state index is 3.78. The molecule has 0 aliphatic rings. The van der Waals surface area contributed by atoms with Crippen LogP contribution in [0.15, 0.2) is 67.3 Å². The average Bonchev–Trinajstić information content (AvgIpc) is 2.73. The third-order valence-electron chi connectivity index (χ3n) is 3.29. The Labute approximate surface area is 107 Å². The summed E-state index contributed by atoms with van der Waals surface area (Å²) in [7, 11) is 0. The number of hydrogen-bond acceptors (Lipinski definition) is 0. The number of nitrogens with zero attached hydrogens (tertiary/aromatic N) is 1. The fourth-order valence-corrected chi connectivity index (χ4v) is 2.55. The van der Waals surface area contributed by atoms with Gasteiger partial charge in [0.25, 0.3) is 0 Å². The highest BCUT2D eigenvalue weighted by Crippen LogP contribution is 2.31. The summed E-state index contributed by atoms with van der Waals surface area (Å²) >= 11 is 0. The molecule has 0 saturated carbocycles. The number of hydrogen-bond donors (Lipinski definition) is 0. The normalized spacial score (nSPS) is 12.2. The third-order valence-corrected chi connectivity index (χ3v) is 3.29. The fourth-order valence-electron chi connectivity index (χ4n) is 2.55. The Hall–Kier alpha value is -2.28. The summed E-state index contributed by atoms with van der Waals surface area (Å²) in [4.78, 5) is 0. The first-order valence-corrected chi connectivity index (χ1v) is 6.11. The monoisotopic (exact) mass is 233 g/mol. The zero-order valence-corrected chi connectivity index (χ0v) is 10.4. The maximum Gasteiger partial charge on any atom is 0.0537 e. The second kappa shape index (κ2) is 4.19. The lowest BCUT2D eigenvalue weighted by atomic mass is 10.2. The van der Waals surface area contributed by atoms with Crippen molar-refractivity contribution in [2.75, 3.05) is 0 Å². The minimum atomic E-state index is 1.18. The topological polar surface area (TPSA) is 4.93 Å². The van der Waals surface area contributed by atoms with E-state index in [1.54, 1.807) is 0 Å². The van der Waals surface area contributed by atoms with Gasteiger partial charge < -0.3 is 4.57 Å². The van der Waals surface area contributed by atoms with E-state index in [2.05, 4.69) is 66.6 Å². The molecule has 1 nitrogen and oxygen atoms in total. The second-order valence-electron chi connectivity index (χ2n) is 4.41. The lowest BCUT2D eigenvalue weighted by molar-refractivity contribution is 1.20. The molecule has 0 saturated heterocycles. The molecule has 0 aliphatic heterocycles. The van der Waals surface area contributed by atoms with Gasteiger partial charge in [-0.25, -0.2) is 0 Å². The molecule has 1 aromatic heterocycles. The molecule has 0 spiro atoms.